The largest absolute Gasteiger partial charge is 0.457 e. The van der Waals surface area contributed by atoms with Gasteiger partial charge in [-0.15, -0.1) is 0 Å². The first-order valence-electron chi connectivity index (χ1n) is 6.88. The Balaban J connectivity index is 2.04. The highest BCUT2D eigenvalue weighted by molar-refractivity contribution is 6.03. The number of fused-ring (bicyclic) bond motifs is 3. The van der Waals surface area contributed by atoms with E-state index in [0.717, 1.165) is 10.8 Å². The third-order valence-electron chi connectivity index (χ3n) is 4.22. The Hall–Kier alpha value is -2.17. The van der Waals surface area contributed by atoms with Gasteiger partial charge in [-0.05, 0) is 18.4 Å². The molecule has 1 aromatic heterocycles. The summed E-state index contributed by atoms with van der Waals surface area (Å²) in [5, 5.41) is 11.7. The fourth-order valence-corrected chi connectivity index (χ4v) is 2.82. The first kappa shape index (κ1) is 12.6. The van der Waals surface area contributed by atoms with Crippen molar-refractivity contribution in [2.24, 2.45) is 0 Å². The van der Waals surface area contributed by atoms with Crippen molar-refractivity contribution in [1.29, 1.82) is 0 Å². The molecule has 2 aromatic carbocycles. The smallest absolute Gasteiger partial charge is 0.193 e. The summed E-state index contributed by atoms with van der Waals surface area (Å²) in [6.45, 7) is 1.73. The molecule has 4 rings (SSSR count). The van der Waals surface area contributed by atoms with Crippen molar-refractivity contribution in [3.63, 3.8) is 0 Å². The summed E-state index contributed by atoms with van der Waals surface area (Å²) < 4.78 is 11.5. The van der Waals surface area contributed by atoms with Crippen molar-refractivity contribution in [3.05, 3.63) is 58.4 Å². The molecule has 2 heterocycles. The predicted molar refractivity (Wildman–Crippen MR) is 79.3 cm³/mol. The number of ether oxygens (including phenoxy) is 1. The quantitative estimate of drug-likeness (QED) is 0.579. The van der Waals surface area contributed by atoms with Gasteiger partial charge in [0.1, 0.15) is 17.4 Å². The van der Waals surface area contributed by atoms with Gasteiger partial charge in [0.2, 0.25) is 0 Å². The Kier molecular flexibility index (Phi) is 2.49. The molecule has 0 saturated carbocycles. The molecule has 0 unspecified atom stereocenters. The summed E-state index contributed by atoms with van der Waals surface area (Å²) in [5.41, 5.74) is -0.228. The summed E-state index contributed by atoms with van der Waals surface area (Å²) >= 11 is 0. The first-order valence-corrected chi connectivity index (χ1v) is 6.88. The average Bonchev–Trinajstić information content (AvgIpc) is 3.19. The average molecular weight is 282 g/mol. The van der Waals surface area contributed by atoms with Crippen LogP contribution < -0.4 is 5.43 Å². The van der Waals surface area contributed by atoms with Gasteiger partial charge in [0, 0.05) is 11.5 Å². The summed E-state index contributed by atoms with van der Waals surface area (Å²) in [5.74, 6) is 0.468. The molecule has 0 amide bonds. The van der Waals surface area contributed by atoms with E-state index in [1.165, 1.54) is 6.07 Å². The molecule has 1 aliphatic rings. The van der Waals surface area contributed by atoms with Gasteiger partial charge in [-0.1, -0.05) is 30.3 Å². The van der Waals surface area contributed by atoms with Crippen LogP contribution in [-0.2, 0) is 10.3 Å². The second kappa shape index (κ2) is 4.16. The monoisotopic (exact) mass is 282 g/mol. The Labute approximate surface area is 120 Å². The van der Waals surface area contributed by atoms with Gasteiger partial charge in [-0.2, -0.15) is 0 Å². The van der Waals surface area contributed by atoms with E-state index >= 15 is 0 Å². The summed E-state index contributed by atoms with van der Waals surface area (Å²) in [6, 6.07) is 12.9. The van der Waals surface area contributed by atoms with Crippen molar-refractivity contribution in [3.8, 4) is 0 Å². The van der Waals surface area contributed by atoms with E-state index in [1.807, 2.05) is 37.3 Å². The predicted octanol–water partition coefficient (Wildman–Crippen LogP) is 2.55. The minimum atomic E-state index is -0.709. The van der Waals surface area contributed by atoms with Crippen molar-refractivity contribution in [2.75, 3.05) is 6.61 Å². The van der Waals surface area contributed by atoms with Crippen molar-refractivity contribution >= 4 is 21.7 Å². The molecule has 4 nitrogen and oxygen atoms in total. The second-order valence-electron chi connectivity index (χ2n) is 5.53. The highest BCUT2D eigenvalue weighted by Gasteiger charge is 2.55. The molecule has 106 valence electrons. The van der Waals surface area contributed by atoms with Gasteiger partial charge >= 0.3 is 0 Å². The van der Waals surface area contributed by atoms with Crippen LogP contribution in [0.1, 0.15) is 12.7 Å². The van der Waals surface area contributed by atoms with Crippen LogP contribution in [0.25, 0.3) is 21.7 Å². The van der Waals surface area contributed by atoms with Gasteiger partial charge in [0.05, 0.1) is 12.0 Å². The fraction of sp³-hybridized carbons (Fsp3) is 0.235. The van der Waals surface area contributed by atoms with Gasteiger partial charge in [0.25, 0.3) is 0 Å². The van der Waals surface area contributed by atoms with E-state index in [2.05, 4.69) is 0 Å². The first-order chi connectivity index (χ1) is 10.1. The number of hydrogen-bond donors (Lipinski definition) is 1. The molecule has 1 saturated heterocycles. The zero-order valence-electron chi connectivity index (χ0n) is 11.5. The maximum absolute atomic E-state index is 12.3. The molecule has 1 N–H and O–H groups in total. The third kappa shape index (κ3) is 1.73. The number of hydrogen-bond acceptors (Lipinski definition) is 4. The molecule has 1 aliphatic heterocycles. The molecule has 0 radical (unpaired) electrons. The summed E-state index contributed by atoms with van der Waals surface area (Å²) in [7, 11) is 0. The molecule has 0 bridgehead atoms. The topological polar surface area (TPSA) is 63.0 Å². The minimum Gasteiger partial charge on any atom is -0.457 e. The molecule has 3 aromatic rings. The van der Waals surface area contributed by atoms with E-state index in [9.17, 15) is 9.90 Å². The van der Waals surface area contributed by atoms with Crippen LogP contribution >= 0.6 is 0 Å². The Morgan fingerprint density at radius 2 is 2.00 bits per heavy atom. The molecule has 1 fully saturated rings. The number of benzene rings is 2. The number of aliphatic hydroxyl groups is 1. The lowest BCUT2D eigenvalue weighted by molar-refractivity contribution is 0.232. The van der Waals surface area contributed by atoms with Crippen LogP contribution in [0, 0.1) is 0 Å². The van der Waals surface area contributed by atoms with Crippen LogP contribution in [0.3, 0.4) is 0 Å². The second-order valence-corrected chi connectivity index (χ2v) is 5.53. The maximum atomic E-state index is 12.3. The Morgan fingerprint density at radius 1 is 1.19 bits per heavy atom. The van der Waals surface area contributed by atoms with E-state index in [4.69, 9.17) is 9.15 Å². The van der Waals surface area contributed by atoms with Crippen molar-refractivity contribution in [2.45, 2.75) is 18.6 Å². The number of epoxide rings is 1. The summed E-state index contributed by atoms with van der Waals surface area (Å²) in [6.07, 6.45) is -0.312. The highest BCUT2D eigenvalue weighted by Crippen LogP contribution is 2.45. The normalized spacial score (nSPS) is 24.6. The van der Waals surface area contributed by atoms with Crippen LogP contribution in [0.4, 0.5) is 0 Å². The van der Waals surface area contributed by atoms with Gasteiger partial charge in [-0.3, -0.25) is 4.79 Å². The summed E-state index contributed by atoms with van der Waals surface area (Å²) in [4.78, 5) is 12.3. The molecular formula is C17H14O4. The van der Waals surface area contributed by atoms with E-state index < -0.39 is 5.60 Å². The fourth-order valence-electron chi connectivity index (χ4n) is 2.82. The molecule has 2 atom stereocenters. The lowest BCUT2D eigenvalue weighted by Gasteiger charge is -2.08. The molecular weight excluding hydrogens is 268 g/mol. The van der Waals surface area contributed by atoms with Gasteiger partial charge in [-0.25, -0.2) is 0 Å². The van der Waals surface area contributed by atoms with Gasteiger partial charge < -0.3 is 14.3 Å². The lowest BCUT2D eigenvalue weighted by Crippen LogP contribution is -2.14. The maximum Gasteiger partial charge on any atom is 0.193 e. The zero-order chi connectivity index (χ0) is 14.6. The van der Waals surface area contributed by atoms with E-state index in [0.29, 0.717) is 16.7 Å². The highest BCUT2D eigenvalue weighted by atomic mass is 16.6. The van der Waals surface area contributed by atoms with Gasteiger partial charge in [0.15, 0.2) is 11.0 Å². The SMILES string of the molecule is C[C@]1(c2cc(=O)c3ccc4ccccc4c3o2)O[C@H]1CO. The zero-order valence-corrected chi connectivity index (χ0v) is 11.5. The number of rotatable bonds is 2. The Bertz CT molecular complexity index is 911. The van der Waals surface area contributed by atoms with Crippen molar-refractivity contribution < 1.29 is 14.3 Å². The molecule has 0 aliphatic carbocycles. The van der Waals surface area contributed by atoms with Crippen LogP contribution in [-0.4, -0.2) is 17.8 Å². The van der Waals surface area contributed by atoms with Crippen molar-refractivity contribution in [1.82, 2.24) is 0 Å². The lowest BCUT2D eigenvalue weighted by atomic mass is 10.0. The standard InChI is InChI=1S/C17H14O4/c1-17(15(9-18)21-17)14-8-13(19)12-7-6-10-4-2-3-5-11(10)16(12)20-14/h2-8,15,18H,9H2,1H3/t15-,17+/m0/s1. The van der Waals surface area contributed by atoms with E-state index in [1.54, 1.807) is 6.07 Å². The molecule has 4 heteroatoms. The number of aliphatic hydroxyl groups excluding tert-OH is 1. The van der Waals surface area contributed by atoms with Crippen LogP contribution in [0.15, 0.2) is 51.7 Å². The van der Waals surface area contributed by atoms with Crippen LogP contribution in [0.2, 0.25) is 0 Å². The molecule has 0 spiro atoms. The minimum absolute atomic E-state index is 0.0895. The third-order valence-corrected chi connectivity index (χ3v) is 4.22. The molecule has 21 heavy (non-hydrogen) atoms. The Morgan fingerprint density at radius 3 is 2.76 bits per heavy atom. The van der Waals surface area contributed by atoms with E-state index in [-0.39, 0.29) is 18.1 Å². The van der Waals surface area contributed by atoms with Crippen LogP contribution in [0.5, 0.6) is 0 Å².